The van der Waals surface area contributed by atoms with Crippen LogP contribution in [0.5, 0.6) is 5.75 Å². The molecule has 0 saturated carbocycles. The van der Waals surface area contributed by atoms with Gasteiger partial charge in [0.15, 0.2) is 0 Å². The summed E-state index contributed by atoms with van der Waals surface area (Å²) in [5.74, 6) is 0.120. The first-order chi connectivity index (χ1) is 23.6. The van der Waals surface area contributed by atoms with Gasteiger partial charge in [0.05, 0.1) is 17.9 Å². The number of aryl methyl sites for hydroxylation is 1. The van der Waals surface area contributed by atoms with Crippen molar-refractivity contribution in [2.75, 3.05) is 29.1 Å². The molecule has 1 aliphatic rings. The van der Waals surface area contributed by atoms with Crippen LogP contribution >= 0.6 is 0 Å². The molecule has 4 N–H and O–H groups in total. The fourth-order valence-electron chi connectivity index (χ4n) is 5.51. The Kier molecular flexibility index (Phi) is 11.7. The molecule has 4 aromatic carbocycles. The average Bonchev–Trinajstić information content (AvgIpc) is 3.60. The molecular formula is C37H41N5O6S. The Morgan fingerprint density at radius 1 is 0.837 bits per heavy atom. The molecule has 0 aromatic heterocycles. The highest BCUT2D eigenvalue weighted by Crippen LogP contribution is 2.26. The summed E-state index contributed by atoms with van der Waals surface area (Å²) in [6, 6.07) is 28.5. The molecule has 1 saturated heterocycles. The van der Waals surface area contributed by atoms with E-state index >= 15 is 0 Å². The quantitative estimate of drug-likeness (QED) is 0.137. The summed E-state index contributed by atoms with van der Waals surface area (Å²) in [4.78, 5) is 38.2. The highest BCUT2D eigenvalue weighted by molar-refractivity contribution is 7.89. The molecule has 0 radical (unpaired) electrons. The number of benzene rings is 4. The van der Waals surface area contributed by atoms with Gasteiger partial charge in [-0.25, -0.2) is 13.2 Å². The number of para-hydroxylation sites is 1. The zero-order valence-electron chi connectivity index (χ0n) is 27.5. The van der Waals surface area contributed by atoms with Crippen LogP contribution in [-0.4, -0.2) is 55.8 Å². The van der Waals surface area contributed by atoms with Crippen molar-refractivity contribution in [3.05, 3.63) is 114 Å². The summed E-state index contributed by atoms with van der Waals surface area (Å²) in [5, 5.41) is 11.4. The first-order valence-corrected chi connectivity index (χ1v) is 17.6. The van der Waals surface area contributed by atoms with Crippen molar-refractivity contribution in [3.63, 3.8) is 0 Å². The molecule has 2 atom stereocenters. The number of carbonyl (C=O) groups excluding carboxylic acids is 3. The van der Waals surface area contributed by atoms with E-state index in [1.54, 1.807) is 78.9 Å². The summed E-state index contributed by atoms with van der Waals surface area (Å²) in [6.45, 7) is 4.42. The van der Waals surface area contributed by atoms with Crippen LogP contribution in [-0.2, 0) is 26.0 Å². The van der Waals surface area contributed by atoms with Gasteiger partial charge >= 0.3 is 6.03 Å². The maximum absolute atomic E-state index is 13.1. The van der Waals surface area contributed by atoms with E-state index in [-0.39, 0.29) is 35.2 Å². The minimum absolute atomic E-state index is 0.161. The van der Waals surface area contributed by atoms with E-state index in [9.17, 15) is 22.8 Å². The lowest BCUT2D eigenvalue weighted by molar-refractivity contribution is -0.124. The van der Waals surface area contributed by atoms with Crippen LogP contribution in [0, 0.1) is 6.92 Å². The second-order valence-electron chi connectivity index (χ2n) is 12.0. The number of hydrogen-bond donors (Lipinski definition) is 4. The number of ether oxygens (including phenoxy) is 1. The van der Waals surface area contributed by atoms with Crippen molar-refractivity contribution in [2.24, 2.45) is 0 Å². The zero-order chi connectivity index (χ0) is 34.8. The molecule has 0 spiro atoms. The Hall–Kier alpha value is -5.20. The molecule has 256 valence electrons. The Morgan fingerprint density at radius 2 is 1.49 bits per heavy atom. The standard InChI is InChI=1S/C37H41N5O6S/c1-26-9-6-7-12-33(26)41-37(45)40-30-16-14-28(15-17-30)25-35(43)39-29-18-20-31(21-19-29)48-24-22-27(2)38-36(44)34-13-8-23-42(34)49(46,47)32-10-4-3-5-11-32/h3-7,9-12,14-21,27,34H,8,13,22-25H2,1-2H3,(H,38,44)(H,39,43)(H2,40,41,45). The number of nitrogens with one attached hydrogen (secondary N) is 4. The Bertz CT molecular complexity index is 1850. The molecule has 1 aliphatic heterocycles. The van der Waals surface area contributed by atoms with Gasteiger partial charge in [-0.15, -0.1) is 0 Å². The average molecular weight is 684 g/mol. The van der Waals surface area contributed by atoms with E-state index in [2.05, 4.69) is 21.3 Å². The number of hydrogen-bond acceptors (Lipinski definition) is 6. The van der Waals surface area contributed by atoms with Crippen molar-refractivity contribution in [1.29, 1.82) is 0 Å². The van der Waals surface area contributed by atoms with Crippen LogP contribution in [0.25, 0.3) is 0 Å². The van der Waals surface area contributed by atoms with Gasteiger partial charge in [-0.05, 0) is 92.4 Å². The van der Waals surface area contributed by atoms with Crippen molar-refractivity contribution in [3.8, 4) is 5.75 Å². The molecule has 5 rings (SSSR count). The number of anilines is 3. The molecule has 4 aromatic rings. The van der Waals surface area contributed by atoms with E-state index in [0.717, 1.165) is 16.8 Å². The fourth-order valence-corrected chi connectivity index (χ4v) is 7.19. The van der Waals surface area contributed by atoms with Crippen molar-refractivity contribution < 1.29 is 27.5 Å². The SMILES string of the molecule is Cc1ccccc1NC(=O)Nc1ccc(CC(=O)Nc2ccc(OCCC(C)NC(=O)C3CCCN3S(=O)(=O)c3ccccc3)cc2)cc1. The topological polar surface area (TPSA) is 146 Å². The number of amides is 4. The predicted octanol–water partition coefficient (Wildman–Crippen LogP) is 5.95. The highest BCUT2D eigenvalue weighted by atomic mass is 32.2. The third kappa shape index (κ3) is 9.68. The van der Waals surface area contributed by atoms with E-state index < -0.39 is 16.1 Å². The first kappa shape index (κ1) is 35.1. The van der Waals surface area contributed by atoms with E-state index in [0.29, 0.717) is 49.5 Å². The lowest BCUT2D eigenvalue weighted by Crippen LogP contribution is -2.48. The molecule has 0 aliphatic carbocycles. The van der Waals surface area contributed by atoms with Crippen LogP contribution in [0.15, 0.2) is 108 Å². The molecule has 49 heavy (non-hydrogen) atoms. The summed E-state index contributed by atoms with van der Waals surface area (Å²) in [7, 11) is -3.76. The van der Waals surface area contributed by atoms with Crippen molar-refractivity contribution in [1.82, 2.24) is 9.62 Å². The molecule has 11 nitrogen and oxygen atoms in total. The fraction of sp³-hybridized carbons (Fsp3) is 0.270. The second-order valence-corrected chi connectivity index (χ2v) is 13.9. The second kappa shape index (κ2) is 16.3. The molecule has 1 heterocycles. The molecule has 12 heteroatoms. The van der Waals surface area contributed by atoms with Crippen LogP contribution in [0.2, 0.25) is 0 Å². The minimum atomic E-state index is -3.76. The molecular weight excluding hydrogens is 643 g/mol. The Balaban J connectivity index is 1.02. The molecule has 0 bridgehead atoms. The number of sulfonamides is 1. The first-order valence-electron chi connectivity index (χ1n) is 16.2. The predicted molar refractivity (Wildman–Crippen MR) is 190 cm³/mol. The van der Waals surface area contributed by atoms with Crippen LogP contribution in [0.3, 0.4) is 0 Å². The summed E-state index contributed by atoms with van der Waals surface area (Å²) < 4.78 is 33.4. The van der Waals surface area contributed by atoms with E-state index in [4.69, 9.17) is 4.74 Å². The lowest BCUT2D eigenvalue weighted by Gasteiger charge is -2.25. The van der Waals surface area contributed by atoms with Crippen LogP contribution in [0.4, 0.5) is 21.9 Å². The van der Waals surface area contributed by atoms with Crippen LogP contribution < -0.4 is 26.0 Å². The summed E-state index contributed by atoms with van der Waals surface area (Å²) in [6.07, 6.45) is 1.78. The van der Waals surface area contributed by atoms with Gasteiger partial charge in [0, 0.05) is 36.1 Å². The third-order valence-electron chi connectivity index (χ3n) is 8.17. The number of rotatable bonds is 13. The minimum Gasteiger partial charge on any atom is -0.494 e. The van der Waals surface area contributed by atoms with E-state index in [1.165, 1.54) is 4.31 Å². The van der Waals surface area contributed by atoms with Gasteiger partial charge in [-0.3, -0.25) is 9.59 Å². The van der Waals surface area contributed by atoms with Gasteiger partial charge in [0.25, 0.3) is 0 Å². The van der Waals surface area contributed by atoms with Gasteiger partial charge in [-0.2, -0.15) is 4.31 Å². The zero-order valence-corrected chi connectivity index (χ0v) is 28.3. The van der Waals surface area contributed by atoms with Crippen LogP contribution in [0.1, 0.15) is 37.3 Å². The number of nitrogens with zero attached hydrogens (tertiary/aromatic N) is 1. The summed E-state index contributed by atoms with van der Waals surface area (Å²) in [5.41, 5.74) is 3.72. The van der Waals surface area contributed by atoms with E-state index in [1.807, 2.05) is 38.1 Å². The number of urea groups is 1. The molecule has 1 fully saturated rings. The van der Waals surface area contributed by atoms with Crippen molar-refractivity contribution in [2.45, 2.75) is 56.5 Å². The maximum Gasteiger partial charge on any atom is 0.323 e. The lowest BCUT2D eigenvalue weighted by atomic mass is 10.1. The highest BCUT2D eigenvalue weighted by Gasteiger charge is 2.39. The molecule has 2 unspecified atom stereocenters. The van der Waals surface area contributed by atoms with Gasteiger partial charge in [0.2, 0.25) is 21.8 Å². The van der Waals surface area contributed by atoms with Crippen molar-refractivity contribution >= 4 is 44.9 Å². The normalized spacial score (nSPS) is 15.2. The monoisotopic (exact) mass is 683 g/mol. The third-order valence-corrected chi connectivity index (χ3v) is 10.1. The Morgan fingerprint density at radius 3 is 2.20 bits per heavy atom. The number of carbonyl (C=O) groups is 3. The molecule has 4 amide bonds. The Labute approximate surface area is 287 Å². The summed E-state index contributed by atoms with van der Waals surface area (Å²) >= 11 is 0. The largest absolute Gasteiger partial charge is 0.494 e. The smallest absolute Gasteiger partial charge is 0.323 e. The van der Waals surface area contributed by atoms with Gasteiger partial charge in [0.1, 0.15) is 11.8 Å². The van der Waals surface area contributed by atoms with Gasteiger partial charge in [-0.1, -0.05) is 48.5 Å². The maximum atomic E-state index is 13.1. The van der Waals surface area contributed by atoms with Gasteiger partial charge < -0.3 is 26.0 Å².